The normalized spacial score (nSPS) is 14.6. The molecule has 7 heteroatoms. The highest BCUT2D eigenvalue weighted by Crippen LogP contribution is 2.28. The largest absolute Gasteiger partial charge is 0.443 e. The van der Waals surface area contributed by atoms with Crippen molar-refractivity contribution in [1.82, 2.24) is 14.8 Å². The maximum absolute atomic E-state index is 13.1. The number of carbonyl (C=O) groups is 2. The van der Waals surface area contributed by atoms with Crippen molar-refractivity contribution in [3.63, 3.8) is 0 Å². The van der Waals surface area contributed by atoms with Crippen LogP contribution in [0.1, 0.15) is 60.7 Å². The minimum Gasteiger partial charge on any atom is -0.443 e. The number of unbranched alkanes of at least 4 members (excludes halogenated alkanes) is 2. The van der Waals surface area contributed by atoms with Gasteiger partial charge in [-0.15, -0.1) is 0 Å². The van der Waals surface area contributed by atoms with Crippen molar-refractivity contribution < 1.29 is 14.0 Å². The summed E-state index contributed by atoms with van der Waals surface area (Å²) in [7, 11) is 0. The number of likely N-dealkylation sites (tertiary alicyclic amines) is 1. The van der Waals surface area contributed by atoms with E-state index in [-0.39, 0.29) is 23.3 Å². The molecule has 1 aliphatic rings. The molecule has 2 aromatic rings. The molecule has 0 spiro atoms. The number of amides is 2. The molecule has 0 unspecified atom stereocenters. The number of nitrogens with one attached hydrogen (secondary N) is 1. The summed E-state index contributed by atoms with van der Waals surface area (Å²) in [6.45, 7) is 5.56. The van der Waals surface area contributed by atoms with Crippen LogP contribution in [0.15, 0.2) is 28.9 Å². The number of hydrogen-bond donors (Lipinski definition) is 1. The predicted molar refractivity (Wildman–Crippen MR) is 109 cm³/mol. The molecule has 29 heavy (non-hydrogen) atoms. The van der Waals surface area contributed by atoms with Crippen LogP contribution in [0.4, 0.5) is 0 Å². The molecule has 7 nitrogen and oxygen atoms in total. The van der Waals surface area contributed by atoms with Gasteiger partial charge in [0.1, 0.15) is 23.0 Å². The Morgan fingerprint density at radius 2 is 1.93 bits per heavy atom. The standard InChI is InChI=1S/C22H28N4O3/c1-3-4-5-10-24-20(27)17-8-13-25(14-9-17)21(28)19-16(2)29-22(18(19)15-23)26-11-6-7-12-26/h6-7,11-12,17H,3-5,8-10,13-14H2,1-2H3,(H,24,27). The lowest BCUT2D eigenvalue weighted by Gasteiger charge is -2.31. The van der Waals surface area contributed by atoms with Crippen LogP contribution >= 0.6 is 0 Å². The Hall–Kier alpha value is -3.01. The first kappa shape index (κ1) is 20.7. The molecule has 3 rings (SSSR count). The first-order chi connectivity index (χ1) is 14.1. The number of aromatic nitrogens is 1. The number of piperidine rings is 1. The molecule has 0 aromatic carbocycles. The Balaban J connectivity index is 1.64. The van der Waals surface area contributed by atoms with E-state index in [1.807, 2.05) is 12.1 Å². The van der Waals surface area contributed by atoms with Crippen LogP contribution in [0, 0.1) is 24.2 Å². The fourth-order valence-electron chi connectivity index (χ4n) is 3.78. The Morgan fingerprint density at radius 3 is 2.55 bits per heavy atom. The van der Waals surface area contributed by atoms with Crippen molar-refractivity contribution in [2.75, 3.05) is 19.6 Å². The molecule has 154 valence electrons. The summed E-state index contributed by atoms with van der Waals surface area (Å²) >= 11 is 0. The van der Waals surface area contributed by atoms with Crippen LogP contribution in [0.25, 0.3) is 5.88 Å². The second kappa shape index (κ2) is 9.46. The zero-order valence-corrected chi connectivity index (χ0v) is 17.1. The zero-order valence-electron chi connectivity index (χ0n) is 17.1. The van der Waals surface area contributed by atoms with Crippen molar-refractivity contribution in [3.8, 4) is 12.0 Å². The fraction of sp³-hybridized carbons (Fsp3) is 0.500. The van der Waals surface area contributed by atoms with Gasteiger partial charge in [0.15, 0.2) is 0 Å². The van der Waals surface area contributed by atoms with Crippen LogP contribution in [-0.4, -0.2) is 40.9 Å². The number of aryl methyl sites for hydroxylation is 1. The third-order valence-corrected chi connectivity index (χ3v) is 5.46. The molecular formula is C22H28N4O3. The number of nitriles is 1. The lowest BCUT2D eigenvalue weighted by atomic mass is 9.95. The Morgan fingerprint density at radius 1 is 1.24 bits per heavy atom. The van der Waals surface area contributed by atoms with Crippen molar-refractivity contribution in [2.45, 2.75) is 46.0 Å². The van der Waals surface area contributed by atoms with Crippen LogP contribution < -0.4 is 5.32 Å². The van der Waals surface area contributed by atoms with E-state index in [4.69, 9.17) is 4.42 Å². The summed E-state index contributed by atoms with van der Waals surface area (Å²) in [4.78, 5) is 27.2. The second-order valence-electron chi connectivity index (χ2n) is 7.48. The molecule has 0 radical (unpaired) electrons. The van der Waals surface area contributed by atoms with Crippen LogP contribution in [0.3, 0.4) is 0 Å². The van der Waals surface area contributed by atoms with Gasteiger partial charge in [-0.1, -0.05) is 19.8 Å². The van der Waals surface area contributed by atoms with Crippen molar-refractivity contribution >= 4 is 11.8 Å². The fourth-order valence-corrected chi connectivity index (χ4v) is 3.78. The first-order valence-corrected chi connectivity index (χ1v) is 10.3. The zero-order chi connectivity index (χ0) is 20.8. The van der Waals surface area contributed by atoms with E-state index in [1.165, 1.54) is 0 Å². The topological polar surface area (TPSA) is 91.3 Å². The Kier molecular flexibility index (Phi) is 6.76. The summed E-state index contributed by atoms with van der Waals surface area (Å²) in [5.74, 6) is 0.617. The molecule has 1 saturated heterocycles. The number of nitrogens with zero attached hydrogens (tertiary/aromatic N) is 3. The Bertz CT molecular complexity index is 884. The van der Waals surface area contributed by atoms with Gasteiger partial charge in [-0.25, -0.2) is 0 Å². The molecule has 0 aliphatic carbocycles. The lowest BCUT2D eigenvalue weighted by molar-refractivity contribution is -0.126. The monoisotopic (exact) mass is 396 g/mol. The van der Waals surface area contributed by atoms with E-state index in [1.54, 1.807) is 28.8 Å². The Labute approximate surface area is 171 Å². The smallest absolute Gasteiger partial charge is 0.258 e. The van der Waals surface area contributed by atoms with Gasteiger partial charge in [0, 0.05) is 37.9 Å². The summed E-state index contributed by atoms with van der Waals surface area (Å²) in [5, 5.41) is 12.7. The minimum atomic E-state index is -0.206. The molecule has 3 heterocycles. The average molecular weight is 396 g/mol. The van der Waals surface area contributed by atoms with Gasteiger partial charge in [0.25, 0.3) is 5.91 Å². The molecule has 0 bridgehead atoms. The summed E-state index contributed by atoms with van der Waals surface area (Å²) in [6, 6.07) is 5.79. The van der Waals surface area contributed by atoms with E-state index in [0.29, 0.717) is 49.7 Å². The van der Waals surface area contributed by atoms with Gasteiger partial charge in [0.2, 0.25) is 11.8 Å². The molecular weight excluding hydrogens is 368 g/mol. The number of carbonyl (C=O) groups excluding carboxylic acids is 2. The van der Waals surface area contributed by atoms with Gasteiger partial charge in [-0.05, 0) is 38.3 Å². The van der Waals surface area contributed by atoms with Crippen molar-refractivity contribution in [1.29, 1.82) is 5.26 Å². The molecule has 0 atom stereocenters. The SMILES string of the molecule is CCCCCNC(=O)C1CCN(C(=O)c2c(C)oc(-n3cccc3)c2C#N)CC1. The van der Waals surface area contributed by atoms with Crippen molar-refractivity contribution in [2.24, 2.45) is 5.92 Å². The molecule has 2 amide bonds. The third kappa shape index (κ3) is 4.53. The van der Waals surface area contributed by atoms with E-state index in [9.17, 15) is 14.9 Å². The summed E-state index contributed by atoms with van der Waals surface area (Å²) in [5.41, 5.74) is 0.568. The van der Waals surface area contributed by atoms with Crippen LogP contribution in [-0.2, 0) is 4.79 Å². The maximum atomic E-state index is 13.1. The van der Waals surface area contributed by atoms with Gasteiger partial charge in [-0.2, -0.15) is 5.26 Å². The van der Waals surface area contributed by atoms with Crippen LogP contribution in [0.2, 0.25) is 0 Å². The summed E-state index contributed by atoms with van der Waals surface area (Å²) in [6.07, 6.45) is 8.06. The van der Waals surface area contributed by atoms with Gasteiger partial charge in [0.05, 0.1) is 0 Å². The molecule has 2 aromatic heterocycles. The van der Waals surface area contributed by atoms with Crippen LogP contribution in [0.5, 0.6) is 0 Å². The quantitative estimate of drug-likeness (QED) is 0.726. The van der Waals surface area contributed by atoms with E-state index < -0.39 is 0 Å². The predicted octanol–water partition coefficient (Wildman–Crippen LogP) is 3.41. The van der Waals surface area contributed by atoms with Gasteiger partial charge >= 0.3 is 0 Å². The highest BCUT2D eigenvalue weighted by Gasteiger charge is 2.32. The van der Waals surface area contributed by atoms with E-state index >= 15 is 0 Å². The third-order valence-electron chi connectivity index (χ3n) is 5.46. The molecule has 0 saturated carbocycles. The first-order valence-electron chi connectivity index (χ1n) is 10.3. The molecule has 1 N–H and O–H groups in total. The van der Waals surface area contributed by atoms with E-state index in [2.05, 4.69) is 18.3 Å². The van der Waals surface area contributed by atoms with Gasteiger partial charge in [-0.3, -0.25) is 14.2 Å². The minimum absolute atomic E-state index is 0.0583. The highest BCUT2D eigenvalue weighted by atomic mass is 16.4. The second-order valence-corrected chi connectivity index (χ2v) is 7.48. The summed E-state index contributed by atoms with van der Waals surface area (Å²) < 4.78 is 7.44. The molecule has 1 aliphatic heterocycles. The number of hydrogen-bond acceptors (Lipinski definition) is 4. The average Bonchev–Trinajstić information content (AvgIpc) is 3.38. The molecule has 1 fully saturated rings. The number of furan rings is 1. The number of rotatable bonds is 7. The lowest BCUT2D eigenvalue weighted by Crippen LogP contribution is -2.43. The maximum Gasteiger partial charge on any atom is 0.258 e. The van der Waals surface area contributed by atoms with Crippen molar-refractivity contribution in [3.05, 3.63) is 41.4 Å². The van der Waals surface area contributed by atoms with Gasteiger partial charge < -0.3 is 14.6 Å². The highest BCUT2D eigenvalue weighted by molar-refractivity contribution is 5.98. The van der Waals surface area contributed by atoms with E-state index in [0.717, 1.165) is 19.3 Å².